The molecule has 0 saturated heterocycles. The van der Waals surface area contributed by atoms with E-state index in [0.717, 1.165) is 16.6 Å². The molecule has 1 atom stereocenters. The highest BCUT2D eigenvalue weighted by atomic mass is 16.2. The van der Waals surface area contributed by atoms with Crippen LogP contribution in [0.2, 0.25) is 0 Å². The van der Waals surface area contributed by atoms with Crippen molar-refractivity contribution in [3.05, 3.63) is 66.0 Å². The van der Waals surface area contributed by atoms with E-state index in [-0.39, 0.29) is 12.8 Å². The second kappa shape index (κ2) is 8.87. The minimum atomic E-state index is -0.925. The van der Waals surface area contributed by atoms with E-state index in [1.807, 2.05) is 66.2 Å². The Morgan fingerprint density at radius 3 is 2.41 bits per heavy atom. The summed E-state index contributed by atoms with van der Waals surface area (Å²) < 4.78 is 1.82. The smallest absolute Gasteiger partial charge is 0.312 e. The van der Waals surface area contributed by atoms with Crippen molar-refractivity contribution in [2.45, 2.75) is 18.9 Å². The van der Waals surface area contributed by atoms with Gasteiger partial charge in [-0.2, -0.15) is 0 Å². The van der Waals surface area contributed by atoms with E-state index in [1.165, 1.54) is 0 Å². The molecule has 29 heavy (non-hydrogen) atoms. The Morgan fingerprint density at radius 2 is 1.72 bits per heavy atom. The van der Waals surface area contributed by atoms with Gasteiger partial charge in [0, 0.05) is 13.5 Å². The predicted octanol–water partition coefficient (Wildman–Crippen LogP) is 0.543. The van der Waals surface area contributed by atoms with Gasteiger partial charge < -0.3 is 15.6 Å². The number of para-hydroxylation sites is 2. The van der Waals surface area contributed by atoms with Gasteiger partial charge in [-0.05, 0) is 17.7 Å². The zero-order valence-corrected chi connectivity index (χ0v) is 15.9. The van der Waals surface area contributed by atoms with E-state index in [1.54, 1.807) is 0 Å². The van der Waals surface area contributed by atoms with Gasteiger partial charge in [-0.3, -0.25) is 20.4 Å². The minimum Gasteiger partial charge on any atom is -0.352 e. The van der Waals surface area contributed by atoms with E-state index in [2.05, 4.69) is 21.2 Å². The predicted molar refractivity (Wildman–Crippen MR) is 107 cm³/mol. The Labute approximate surface area is 167 Å². The van der Waals surface area contributed by atoms with Gasteiger partial charge in [-0.1, -0.05) is 42.5 Å². The van der Waals surface area contributed by atoms with Crippen molar-refractivity contribution in [1.29, 1.82) is 0 Å². The molecule has 0 bridgehead atoms. The molecule has 0 fully saturated rings. The molecule has 0 spiro atoms. The molecular formula is C20H22N6O3. The van der Waals surface area contributed by atoms with Crippen molar-refractivity contribution in [1.82, 2.24) is 25.7 Å². The molecular weight excluding hydrogens is 372 g/mol. The average molecular weight is 394 g/mol. The molecule has 0 saturated carbocycles. The number of hydrogen-bond acceptors (Lipinski definition) is 4. The summed E-state index contributed by atoms with van der Waals surface area (Å²) in [6, 6.07) is 14.9. The van der Waals surface area contributed by atoms with Crippen LogP contribution < -0.4 is 21.9 Å². The number of rotatable bonds is 6. The van der Waals surface area contributed by atoms with Gasteiger partial charge in [0.25, 0.3) is 5.91 Å². The number of urea groups is 1. The van der Waals surface area contributed by atoms with Crippen molar-refractivity contribution in [2.24, 2.45) is 12.8 Å². The maximum atomic E-state index is 12.4. The van der Waals surface area contributed by atoms with E-state index in [0.29, 0.717) is 5.82 Å². The zero-order valence-electron chi connectivity index (χ0n) is 15.9. The summed E-state index contributed by atoms with van der Waals surface area (Å²) in [4.78, 5) is 40.4. The Bertz CT molecular complexity index is 1030. The maximum Gasteiger partial charge on any atom is 0.312 e. The van der Waals surface area contributed by atoms with Crippen molar-refractivity contribution in [2.75, 3.05) is 0 Å². The summed E-state index contributed by atoms with van der Waals surface area (Å²) in [5.41, 5.74) is 12.4. The van der Waals surface area contributed by atoms with Gasteiger partial charge in [0.2, 0.25) is 5.91 Å². The van der Waals surface area contributed by atoms with Gasteiger partial charge >= 0.3 is 6.03 Å². The fourth-order valence-corrected chi connectivity index (χ4v) is 2.99. The Morgan fingerprint density at radius 1 is 1.03 bits per heavy atom. The van der Waals surface area contributed by atoms with Crippen LogP contribution in [0.15, 0.2) is 54.6 Å². The van der Waals surface area contributed by atoms with Gasteiger partial charge in [0.1, 0.15) is 11.9 Å². The van der Waals surface area contributed by atoms with Crippen LogP contribution >= 0.6 is 0 Å². The van der Waals surface area contributed by atoms with Crippen LogP contribution in [0.25, 0.3) is 11.0 Å². The third kappa shape index (κ3) is 5.10. The van der Waals surface area contributed by atoms with Crippen LogP contribution in [0, 0.1) is 0 Å². The second-order valence-corrected chi connectivity index (χ2v) is 6.54. The van der Waals surface area contributed by atoms with Crippen molar-refractivity contribution in [3.63, 3.8) is 0 Å². The Kier molecular flexibility index (Phi) is 6.08. The first kappa shape index (κ1) is 19.9. The monoisotopic (exact) mass is 394 g/mol. The molecule has 0 aliphatic rings. The quantitative estimate of drug-likeness (QED) is 0.455. The molecule has 1 heterocycles. The summed E-state index contributed by atoms with van der Waals surface area (Å²) in [6.07, 6.45) is 0.217. The molecule has 2 aromatic carbocycles. The normalized spacial score (nSPS) is 11.6. The third-order valence-electron chi connectivity index (χ3n) is 4.44. The largest absolute Gasteiger partial charge is 0.352 e. The van der Waals surface area contributed by atoms with Crippen LogP contribution in [-0.4, -0.2) is 33.4 Å². The van der Waals surface area contributed by atoms with Gasteiger partial charge in [-0.25, -0.2) is 9.78 Å². The van der Waals surface area contributed by atoms with Crippen molar-refractivity contribution >= 4 is 28.9 Å². The molecule has 0 aliphatic heterocycles. The number of aromatic nitrogens is 2. The zero-order chi connectivity index (χ0) is 20.8. The number of aryl methyl sites for hydroxylation is 1. The summed E-state index contributed by atoms with van der Waals surface area (Å²) in [5, 5.41) is 2.39. The summed E-state index contributed by atoms with van der Waals surface area (Å²) >= 11 is 0. The molecule has 4 amide bonds. The first-order valence-corrected chi connectivity index (χ1v) is 9.03. The van der Waals surface area contributed by atoms with Crippen molar-refractivity contribution in [3.8, 4) is 0 Å². The number of primary amides is 1. The lowest BCUT2D eigenvalue weighted by molar-refractivity contribution is -0.129. The second-order valence-electron chi connectivity index (χ2n) is 6.54. The SMILES string of the molecule is Cn1c(CC(=O)NNC(=O)C(Cc2ccccc2)NC(N)=O)nc2ccccc21. The van der Waals surface area contributed by atoms with Gasteiger partial charge in [-0.15, -0.1) is 0 Å². The van der Waals surface area contributed by atoms with E-state index in [9.17, 15) is 14.4 Å². The fraction of sp³-hybridized carbons (Fsp3) is 0.200. The minimum absolute atomic E-state index is 0.0158. The molecule has 9 heteroatoms. The maximum absolute atomic E-state index is 12.4. The van der Waals surface area contributed by atoms with Crippen LogP contribution in [0.4, 0.5) is 4.79 Å². The number of nitrogens with zero attached hydrogens (tertiary/aromatic N) is 2. The van der Waals surface area contributed by atoms with Gasteiger partial charge in [0.15, 0.2) is 0 Å². The standard InChI is InChI=1S/C20H22N6O3/c1-26-16-10-6-5-9-14(16)22-17(26)12-18(27)24-25-19(28)15(23-20(21)29)11-13-7-3-2-4-8-13/h2-10,15H,11-12H2,1H3,(H,24,27)(H,25,28)(H3,21,23,29). The molecule has 3 aromatic rings. The molecule has 1 unspecified atom stereocenters. The highest BCUT2D eigenvalue weighted by Gasteiger charge is 2.21. The molecule has 0 aliphatic carbocycles. The Hall–Kier alpha value is -3.88. The number of hydrogen-bond donors (Lipinski definition) is 4. The van der Waals surface area contributed by atoms with E-state index >= 15 is 0 Å². The molecule has 1 aromatic heterocycles. The number of carbonyl (C=O) groups excluding carboxylic acids is 3. The lowest BCUT2D eigenvalue weighted by Gasteiger charge is -2.17. The van der Waals surface area contributed by atoms with E-state index in [4.69, 9.17) is 5.73 Å². The summed E-state index contributed by atoms with van der Waals surface area (Å²) in [7, 11) is 1.82. The molecule has 9 nitrogen and oxygen atoms in total. The molecule has 0 radical (unpaired) electrons. The number of amides is 4. The molecule has 5 N–H and O–H groups in total. The number of hydrazine groups is 1. The number of benzene rings is 2. The summed E-state index contributed by atoms with van der Waals surface area (Å²) in [5.74, 6) is -0.450. The van der Waals surface area contributed by atoms with Crippen molar-refractivity contribution < 1.29 is 14.4 Å². The Balaban J connectivity index is 1.60. The molecule has 3 rings (SSSR count). The molecule has 150 valence electrons. The van der Waals surface area contributed by atoms with Crippen LogP contribution in [-0.2, 0) is 29.5 Å². The van der Waals surface area contributed by atoms with E-state index < -0.39 is 23.9 Å². The highest BCUT2D eigenvalue weighted by molar-refractivity contribution is 5.89. The fourth-order valence-electron chi connectivity index (χ4n) is 2.99. The van der Waals surface area contributed by atoms with Crippen LogP contribution in [0.3, 0.4) is 0 Å². The number of nitrogens with two attached hydrogens (primary N) is 1. The third-order valence-corrected chi connectivity index (χ3v) is 4.44. The topological polar surface area (TPSA) is 131 Å². The number of fused-ring (bicyclic) bond motifs is 1. The first-order chi connectivity index (χ1) is 13.9. The first-order valence-electron chi connectivity index (χ1n) is 9.03. The van der Waals surface area contributed by atoms with Crippen LogP contribution in [0.5, 0.6) is 0 Å². The van der Waals surface area contributed by atoms with Crippen LogP contribution in [0.1, 0.15) is 11.4 Å². The van der Waals surface area contributed by atoms with Gasteiger partial charge in [0.05, 0.1) is 17.5 Å². The lowest BCUT2D eigenvalue weighted by Crippen LogP contribution is -2.54. The average Bonchev–Trinajstić information content (AvgIpc) is 3.02. The number of imidazole rings is 1. The summed E-state index contributed by atoms with van der Waals surface area (Å²) in [6.45, 7) is 0. The lowest BCUT2D eigenvalue weighted by atomic mass is 10.1. The number of nitrogens with one attached hydrogen (secondary N) is 3. The highest BCUT2D eigenvalue weighted by Crippen LogP contribution is 2.14. The number of carbonyl (C=O) groups is 3.